The van der Waals surface area contributed by atoms with E-state index in [2.05, 4.69) is 70.5 Å². The van der Waals surface area contributed by atoms with Gasteiger partial charge in [-0.1, -0.05) is 48.5 Å². The van der Waals surface area contributed by atoms with E-state index >= 15 is 0 Å². The molecule has 4 nitrogen and oxygen atoms in total. The van der Waals surface area contributed by atoms with Crippen LogP contribution in [0.15, 0.2) is 72.8 Å². The van der Waals surface area contributed by atoms with Crippen LogP contribution in [0.5, 0.6) is 5.75 Å². The Morgan fingerprint density at radius 3 is 2.32 bits per heavy atom. The third kappa shape index (κ3) is 4.92. The SMILES string of the molecule is O=CCN1CCCC2(CCC1)CN(c1ccc(C3c4ccc(O)cc4CC[C@H]3c3ccccc3)cc1)C2. The molecule has 0 bridgehead atoms. The van der Waals surface area contributed by atoms with Crippen LogP contribution in [0.3, 0.4) is 0 Å². The van der Waals surface area contributed by atoms with Gasteiger partial charge in [0.15, 0.2) is 0 Å². The molecular formula is C33H38N2O2. The minimum atomic E-state index is 0.295. The van der Waals surface area contributed by atoms with E-state index in [1.165, 1.54) is 53.6 Å². The van der Waals surface area contributed by atoms with Crippen molar-refractivity contribution in [1.82, 2.24) is 4.90 Å². The summed E-state index contributed by atoms with van der Waals surface area (Å²) in [5.74, 6) is 1.09. The molecule has 2 saturated heterocycles. The lowest BCUT2D eigenvalue weighted by Crippen LogP contribution is -2.57. The van der Waals surface area contributed by atoms with Gasteiger partial charge in [0.25, 0.3) is 0 Å². The number of aldehydes is 1. The number of phenols is 1. The van der Waals surface area contributed by atoms with Crippen molar-refractivity contribution in [3.63, 3.8) is 0 Å². The molecule has 6 rings (SSSR count). The normalized spacial score (nSPS) is 23.5. The predicted molar refractivity (Wildman–Crippen MR) is 150 cm³/mol. The van der Waals surface area contributed by atoms with Gasteiger partial charge in [0.05, 0.1) is 6.54 Å². The summed E-state index contributed by atoms with van der Waals surface area (Å²) in [6.45, 7) is 5.00. The van der Waals surface area contributed by atoms with Gasteiger partial charge in [-0.05, 0) is 104 Å². The van der Waals surface area contributed by atoms with Gasteiger partial charge in [-0.2, -0.15) is 0 Å². The van der Waals surface area contributed by atoms with E-state index in [1.54, 1.807) is 0 Å². The third-order valence-corrected chi connectivity index (χ3v) is 9.18. The second kappa shape index (κ2) is 10.3. The summed E-state index contributed by atoms with van der Waals surface area (Å²) in [7, 11) is 0. The second-order valence-electron chi connectivity index (χ2n) is 11.5. The van der Waals surface area contributed by atoms with Crippen LogP contribution in [0.4, 0.5) is 5.69 Å². The molecule has 0 aromatic heterocycles. The Balaban J connectivity index is 1.19. The summed E-state index contributed by atoms with van der Waals surface area (Å²) < 4.78 is 0. The average Bonchev–Trinajstić information content (AvgIpc) is 2.89. The Kier molecular flexibility index (Phi) is 6.77. The number of nitrogens with zero attached hydrogens (tertiary/aromatic N) is 2. The van der Waals surface area contributed by atoms with Gasteiger partial charge in [0, 0.05) is 30.1 Å². The van der Waals surface area contributed by atoms with Crippen LogP contribution < -0.4 is 4.90 Å². The fraction of sp³-hybridized carbons (Fsp3) is 0.424. The van der Waals surface area contributed by atoms with Crippen molar-refractivity contribution in [2.24, 2.45) is 5.41 Å². The average molecular weight is 495 g/mol. The molecule has 1 spiro atoms. The smallest absolute Gasteiger partial charge is 0.133 e. The van der Waals surface area contributed by atoms with Crippen molar-refractivity contribution < 1.29 is 9.90 Å². The van der Waals surface area contributed by atoms with Gasteiger partial charge in [-0.25, -0.2) is 0 Å². The van der Waals surface area contributed by atoms with Crippen LogP contribution >= 0.6 is 0 Å². The summed E-state index contributed by atoms with van der Waals surface area (Å²) in [6.07, 6.45) is 8.05. The molecule has 3 aliphatic rings. The monoisotopic (exact) mass is 494 g/mol. The first-order valence-corrected chi connectivity index (χ1v) is 14.0. The molecule has 0 radical (unpaired) electrons. The molecule has 0 amide bonds. The number of likely N-dealkylation sites (tertiary alicyclic amines) is 1. The number of hydrogen-bond acceptors (Lipinski definition) is 4. The van der Waals surface area contributed by atoms with Crippen molar-refractivity contribution in [2.45, 2.75) is 50.4 Å². The number of hydrogen-bond donors (Lipinski definition) is 1. The molecular weight excluding hydrogens is 456 g/mol. The maximum absolute atomic E-state index is 10.9. The zero-order valence-electron chi connectivity index (χ0n) is 21.7. The summed E-state index contributed by atoms with van der Waals surface area (Å²) in [5.41, 5.74) is 7.18. The number of carbonyl (C=O) groups excluding carboxylic acids is 1. The van der Waals surface area contributed by atoms with E-state index in [4.69, 9.17) is 0 Å². The van der Waals surface area contributed by atoms with Crippen LogP contribution in [0.1, 0.15) is 66.2 Å². The molecule has 2 atom stereocenters. The van der Waals surface area contributed by atoms with Crippen LogP contribution in [0.25, 0.3) is 0 Å². The molecule has 2 aliphatic heterocycles. The Labute approximate surface area is 220 Å². The highest BCUT2D eigenvalue weighted by atomic mass is 16.3. The van der Waals surface area contributed by atoms with E-state index in [-0.39, 0.29) is 0 Å². The van der Waals surface area contributed by atoms with E-state index in [1.807, 2.05) is 12.1 Å². The molecule has 0 saturated carbocycles. The fourth-order valence-corrected chi connectivity index (χ4v) is 7.31. The number of benzene rings is 3. The van der Waals surface area contributed by atoms with Crippen molar-refractivity contribution >= 4 is 12.0 Å². The van der Waals surface area contributed by atoms with Crippen LogP contribution in [-0.4, -0.2) is 49.0 Å². The van der Waals surface area contributed by atoms with Gasteiger partial charge in [0.1, 0.15) is 12.0 Å². The zero-order chi connectivity index (χ0) is 25.2. The maximum atomic E-state index is 10.9. The lowest BCUT2D eigenvalue weighted by Gasteiger charge is -2.53. The quantitative estimate of drug-likeness (QED) is 0.433. The summed E-state index contributed by atoms with van der Waals surface area (Å²) in [5, 5.41) is 10.1. The first kappa shape index (κ1) is 24.2. The van der Waals surface area contributed by atoms with Gasteiger partial charge in [0.2, 0.25) is 0 Å². The molecule has 1 N–H and O–H groups in total. The Hall–Kier alpha value is -3.11. The molecule has 3 aromatic rings. The highest BCUT2D eigenvalue weighted by Gasteiger charge is 2.42. The third-order valence-electron chi connectivity index (χ3n) is 9.18. The Bertz CT molecular complexity index is 1200. The minimum Gasteiger partial charge on any atom is -0.508 e. The zero-order valence-corrected chi connectivity index (χ0v) is 21.7. The Morgan fingerprint density at radius 1 is 0.892 bits per heavy atom. The minimum absolute atomic E-state index is 0.295. The van der Waals surface area contributed by atoms with Crippen LogP contribution in [0.2, 0.25) is 0 Å². The van der Waals surface area contributed by atoms with Crippen molar-refractivity contribution in [1.29, 1.82) is 0 Å². The number of anilines is 1. The molecule has 2 heterocycles. The molecule has 4 heteroatoms. The van der Waals surface area contributed by atoms with Crippen molar-refractivity contribution in [3.05, 3.63) is 95.1 Å². The number of aryl methyl sites for hydroxylation is 1. The number of aromatic hydroxyl groups is 1. The summed E-state index contributed by atoms with van der Waals surface area (Å²) >= 11 is 0. The van der Waals surface area contributed by atoms with Crippen LogP contribution in [0, 0.1) is 5.41 Å². The lowest BCUT2D eigenvalue weighted by molar-refractivity contribution is -0.109. The molecule has 1 aliphatic carbocycles. The summed E-state index contributed by atoms with van der Waals surface area (Å²) in [6, 6.07) is 26.2. The summed E-state index contributed by atoms with van der Waals surface area (Å²) in [4.78, 5) is 15.8. The van der Waals surface area contributed by atoms with Gasteiger partial charge < -0.3 is 14.8 Å². The number of rotatable bonds is 5. The van der Waals surface area contributed by atoms with Gasteiger partial charge in [-0.3, -0.25) is 4.90 Å². The fourth-order valence-electron chi connectivity index (χ4n) is 7.31. The van der Waals surface area contributed by atoms with Gasteiger partial charge >= 0.3 is 0 Å². The number of fused-ring (bicyclic) bond motifs is 1. The molecule has 192 valence electrons. The van der Waals surface area contributed by atoms with E-state index in [9.17, 15) is 9.90 Å². The Morgan fingerprint density at radius 2 is 1.62 bits per heavy atom. The van der Waals surface area contributed by atoms with Crippen molar-refractivity contribution in [2.75, 3.05) is 37.6 Å². The maximum Gasteiger partial charge on any atom is 0.133 e. The largest absolute Gasteiger partial charge is 0.508 e. The topological polar surface area (TPSA) is 43.8 Å². The van der Waals surface area contributed by atoms with Crippen molar-refractivity contribution in [3.8, 4) is 5.75 Å². The van der Waals surface area contributed by atoms with Crippen LogP contribution in [-0.2, 0) is 11.2 Å². The standard InChI is InChI=1S/C33H38N2O2/c36-21-20-34-18-4-16-33(17-5-19-34)23-35(24-33)28-11-8-26(9-12-28)32-30(25-6-2-1-3-7-25)14-10-27-22-29(37)13-15-31(27)32/h1-3,6-9,11-13,15,21-22,30,32,37H,4-5,10,14,16-20,23-24H2/t30-,32?/m0/s1. The van der Waals surface area contributed by atoms with E-state index in [0.717, 1.165) is 45.3 Å². The number of phenolic OH excluding ortho intramolecular Hbond substituents is 1. The lowest BCUT2D eigenvalue weighted by atomic mass is 9.69. The predicted octanol–water partition coefficient (Wildman–Crippen LogP) is 6.14. The molecule has 1 unspecified atom stereocenters. The van der Waals surface area contributed by atoms with E-state index in [0.29, 0.717) is 29.5 Å². The molecule has 37 heavy (non-hydrogen) atoms. The highest BCUT2D eigenvalue weighted by Crippen LogP contribution is 2.48. The second-order valence-corrected chi connectivity index (χ2v) is 11.5. The molecule has 3 aromatic carbocycles. The first-order valence-electron chi connectivity index (χ1n) is 14.0. The van der Waals surface area contributed by atoms with Gasteiger partial charge in [-0.15, -0.1) is 0 Å². The number of carbonyl (C=O) groups is 1. The highest BCUT2D eigenvalue weighted by molar-refractivity contribution is 5.54. The van der Waals surface area contributed by atoms with E-state index < -0.39 is 0 Å². The molecule has 2 fully saturated rings. The first-order chi connectivity index (χ1) is 18.1.